The zero-order valence-electron chi connectivity index (χ0n) is 10.9. The van der Waals surface area contributed by atoms with Crippen LogP contribution in [0.1, 0.15) is 24.8 Å². The topological polar surface area (TPSA) is 23.6 Å². The van der Waals surface area contributed by atoms with E-state index in [0.717, 1.165) is 37.3 Å². The van der Waals surface area contributed by atoms with Crippen molar-refractivity contribution in [3.05, 3.63) is 35.9 Å². The molecule has 0 N–H and O–H groups in total. The summed E-state index contributed by atoms with van der Waals surface area (Å²) in [7, 11) is 0. The highest BCUT2D eigenvalue weighted by Gasteiger charge is 2.42. The quantitative estimate of drug-likeness (QED) is 0.790. The number of carbonyl (C=O) groups is 1. The lowest BCUT2D eigenvalue weighted by atomic mass is 10.0. The molecule has 1 atom stereocenters. The fourth-order valence-electron chi connectivity index (χ4n) is 2.94. The lowest BCUT2D eigenvalue weighted by Crippen LogP contribution is -2.38. The molecule has 3 rings (SSSR count). The minimum atomic E-state index is 0.0250. The van der Waals surface area contributed by atoms with Crippen molar-refractivity contribution in [1.29, 1.82) is 0 Å². The van der Waals surface area contributed by atoms with Crippen molar-refractivity contribution >= 4 is 23.2 Å². The molecule has 4 heteroatoms. The summed E-state index contributed by atoms with van der Waals surface area (Å²) < 4.78 is 0. The predicted octanol–water partition coefficient (Wildman–Crippen LogP) is 2.21. The summed E-state index contributed by atoms with van der Waals surface area (Å²) in [6.07, 6.45) is 4.12. The van der Waals surface area contributed by atoms with Gasteiger partial charge in [0, 0.05) is 13.1 Å². The number of benzene rings is 1. The zero-order chi connectivity index (χ0) is 13.2. The summed E-state index contributed by atoms with van der Waals surface area (Å²) in [5.74, 6) is 0.209. The van der Waals surface area contributed by atoms with Crippen LogP contribution in [0.15, 0.2) is 30.3 Å². The van der Waals surface area contributed by atoms with Crippen molar-refractivity contribution in [1.82, 2.24) is 9.80 Å². The molecule has 1 amide bonds. The average molecular weight is 274 g/mol. The van der Waals surface area contributed by atoms with Crippen LogP contribution in [-0.4, -0.2) is 40.0 Å². The third-order valence-electron chi connectivity index (χ3n) is 4.00. The van der Waals surface area contributed by atoms with Crippen LogP contribution in [0.4, 0.5) is 0 Å². The first kappa shape index (κ1) is 12.6. The molecular weight excluding hydrogens is 256 g/mol. The molecule has 1 aromatic carbocycles. The predicted molar refractivity (Wildman–Crippen MR) is 78.8 cm³/mol. The Labute approximate surface area is 119 Å². The van der Waals surface area contributed by atoms with Gasteiger partial charge in [-0.05, 0) is 43.5 Å². The van der Waals surface area contributed by atoms with Gasteiger partial charge in [0.15, 0.2) is 5.11 Å². The first-order chi connectivity index (χ1) is 9.27. The van der Waals surface area contributed by atoms with Gasteiger partial charge in [-0.25, -0.2) is 0 Å². The van der Waals surface area contributed by atoms with E-state index in [4.69, 9.17) is 12.2 Å². The molecule has 19 heavy (non-hydrogen) atoms. The van der Waals surface area contributed by atoms with E-state index in [0.29, 0.717) is 6.54 Å². The molecule has 2 saturated heterocycles. The van der Waals surface area contributed by atoms with Gasteiger partial charge in [0.1, 0.15) is 6.04 Å². The largest absolute Gasteiger partial charge is 0.337 e. The minimum absolute atomic E-state index is 0.0250. The SMILES string of the molecule is O=C1[C@H]2CCCCN2C(=S)N1CCc1ccccc1. The molecule has 2 aliphatic rings. The number of hydrogen-bond donors (Lipinski definition) is 0. The molecule has 3 nitrogen and oxygen atoms in total. The smallest absolute Gasteiger partial charge is 0.251 e. The van der Waals surface area contributed by atoms with Gasteiger partial charge in [-0.2, -0.15) is 0 Å². The molecule has 1 aromatic rings. The Morgan fingerprint density at radius 1 is 1.21 bits per heavy atom. The highest BCUT2D eigenvalue weighted by Crippen LogP contribution is 2.26. The first-order valence-electron chi connectivity index (χ1n) is 6.93. The normalized spacial score (nSPS) is 22.8. The third-order valence-corrected chi connectivity index (χ3v) is 4.45. The summed E-state index contributed by atoms with van der Waals surface area (Å²) >= 11 is 5.46. The Hall–Kier alpha value is -1.42. The maximum Gasteiger partial charge on any atom is 0.251 e. The average Bonchev–Trinajstić information content (AvgIpc) is 2.71. The summed E-state index contributed by atoms with van der Waals surface area (Å²) in [5, 5.41) is 0.741. The number of thiocarbonyl (C=S) groups is 1. The molecule has 2 aliphatic heterocycles. The van der Waals surface area contributed by atoms with Crippen molar-refractivity contribution < 1.29 is 4.79 Å². The maximum absolute atomic E-state index is 12.4. The summed E-state index contributed by atoms with van der Waals surface area (Å²) in [5.41, 5.74) is 1.25. The van der Waals surface area contributed by atoms with Crippen molar-refractivity contribution in [3.8, 4) is 0 Å². The molecule has 0 saturated carbocycles. The molecule has 0 bridgehead atoms. The Bertz CT molecular complexity index is 464. The Morgan fingerprint density at radius 3 is 2.74 bits per heavy atom. The number of amides is 1. The highest BCUT2D eigenvalue weighted by atomic mass is 32.1. The van der Waals surface area contributed by atoms with Crippen LogP contribution >= 0.6 is 12.2 Å². The molecule has 2 heterocycles. The lowest BCUT2D eigenvalue weighted by Gasteiger charge is -2.27. The Kier molecular flexibility index (Phi) is 3.51. The van der Waals surface area contributed by atoms with Gasteiger partial charge in [0.25, 0.3) is 5.91 Å². The molecule has 0 spiro atoms. The van der Waals surface area contributed by atoms with Crippen molar-refractivity contribution in [2.45, 2.75) is 31.7 Å². The van der Waals surface area contributed by atoms with Crippen LogP contribution < -0.4 is 0 Å². The van der Waals surface area contributed by atoms with E-state index >= 15 is 0 Å². The zero-order valence-corrected chi connectivity index (χ0v) is 11.7. The maximum atomic E-state index is 12.4. The first-order valence-corrected chi connectivity index (χ1v) is 7.34. The van der Waals surface area contributed by atoms with E-state index in [9.17, 15) is 4.79 Å². The molecular formula is C15H18N2OS. The van der Waals surface area contributed by atoms with Crippen molar-refractivity contribution in [2.75, 3.05) is 13.1 Å². The molecule has 2 fully saturated rings. The number of nitrogens with zero attached hydrogens (tertiary/aromatic N) is 2. The number of fused-ring (bicyclic) bond motifs is 1. The van der Waals surface area contributed by atoms with Crippen LogP contribution in [0.25, 0.3) is 0 Å². The molecule has 0 aromatic heterocycles. The second-order valence-electron chi connectivity index (χ2n) is 5.21. The monoisotopic (exact) mass is 274 g/mol. The Balaban J connectivity index is 1.68. The molecule has 100 valence electrons. The highest BCUT2D eigenvalue weighted by molar-refractivity contribution is 7.80. The van der Waals surface area contributed by atoms with E-state index in [2.05, 4.69) is 17.0 Å². The van der Waals surface area contributed by atoms with Gasteiger partial charge in [0.05, 0.1) is 0 Å². The van der Waals surface area contributed by atoms with Crippen LogP contribution in [0.5, 0.6) is 0 Å². The van der Waals surface area contributed by atoms with Crippen molar-refractivity contribution in [3.63, 3.8) is 0 Å². The number of piperidine rings is 1. The van der Waals surface area contributed by atoms with Gasteiger partial charge < -0.3 is 4.90 Å². The van der Waals surface area contributed by atoms with Crippen LogP contribution in [0.2, 0.25) is 0 Å². The fourth-order valence-corrected chi connectivity index (χ4v) is 3.34. The van der Waals surface area contributed by atoms with Crippen molar-refractivity contribution in [2.24, 2.45) is 0 Å². The third kappa shape index (κ3) is 2.37. The molecule has 0 radical (unpaired) electrons. The second kappa shape index (κ2) is 5.29. The lowest BCUT2D eigenvalue weighted by molar-refractivity contribution is -0.128. The van der Waals surface area contributed by atoms with Crippen LogP contribution in [-0.2, 0) is 11.2 Å². The summed E-state index contributed by atoms with van der Waals surface area (Å²) in [4.78, 5) is 16.3. The van der Waals surface area contributed by atoms with Gasteiger partial charge in [-0.3, -0.25) is 9.69 Å². The standard InChI is InChI=1S/C15H18N2OS/c18-14-13-8-4-5-10-16(13)15(19)17(14)11-9-12-6-2-1-3-7-12/h1-3,6-7,13H,4-5,8-11H2/t13-/m1/s1. The second-order valence-corrected chi connectivity index (χ2v) is 5.58. The van der Waals surface area contributed by atoms with Gasteiger partial charge in [-0.15, -0.1) is 0 Å². The van der Waals surface area contributed by atoms with Gasteiger partial charge >= 0.3 is 0 Å². The summed E-state index contributed by atoms with van der Waals surface area (Å²) in [6.45, 7) is 1.64. The van der Waals surface area contributed by atoms with E-state index < -0.39 is 0 Å². The van der Waals surface area contributed by atoms with Gasteiger partial charge in [0.2, 0.25) is 0 Å². The fraction of sp³-hybridized carbons (Fsp3) is 0.467. The summed E-state index contributed by atoms with van der Waals surface area (Å²) in [6, 6.07) is 10.3. The van der Waals surface area contributed by atoms with E-state index in [1.54, 1.807) is 4.90 Å². The number of carbonyl (C=O) groups excluding carboxylic acids is 1. The van der Waals surface area contributed by atoms with Gasteiger partial charge in [-0.1, -0.05) is 30.3 Å². The molecule has 0 aliphatic carbocycles. The minimum Gasteiger partial charge on any atom is -0.337 e. The number of rotatable bonds is 3. The number of hydrogen-bond acceptors (Lipinski definition) is 2. The van der Waals surface area contributed by atoms with Crippen LogP contribution in [0, 0.1) is 0 Å². The Morgan fingerprint density at radius 2 is 2.00 bits per heavy atom. The van der Waals surface area contributed by atoms with Crippen LogP contribution in [0.3, 0.4) is 0 Å². The molecule has 0 unspecified atom stereocenters. The van der Waals surface area contributed by atoms with E-state index in [1.807, 2.05) is 18.2 Å². The van der Waals surface area contributed by atoms with E-state index in [1.165, 1.54) is 5.56 Å². The van der Waals surface area contributed by atoms with E-state index in [-0.39, 0.29) is 11.9 Å².